The zero-order valence-corrected chi connectivity index (χ0v) is 10.2. The van der Waals surface area contributed by atoms with Gasteiger partial charge in [0.2, 0.25) is 0 Å². The highest BCUT2D eigenvalue weighted by Gasteiger charge is 2.60. The molecule has 6 atom stereocenters. The lowest BCUT2D eigenvalue weighted by Gasteiger charge is -2.26. The smallest absolute Gasteiger partial charge is 0.333 e. The Morgan fingerprint density at radius 2 is 2.12 bits per heavy atom. The summed E-state index contributed by atoms with van der Waals surface area (Å²) in [5.41, 5.74) is 0.457. The van der Waals surface area contributed by atoms with Gasteiger partial charge in [0.05, 0.1) is 0 Å². The molecule has 3 aliphatic rings. The average Bonchev–Trinajstić information content (AvgIpc) is 2.81. The van der Waals surface area contributed by atoms with Gasteiger partial charge in [-0.25, -0.2) is 4.79 Å². The van der Waals surface area contributed by atoms with Gasteiger partial charge < -0.3 is 4.74 Å². The molecule has 1 aliphatic heterocycles. The molecule has 2 saturated carbocycles. The van der Waals surface area contributed by atoms with Crippen molar-refractivity contribution in [2.24, 2.45) is 17.8 Å². The molecule has 0 aromatic rings. The molecule has 0 aromatic heterocycles. The van der Waals surface area contributed by atoms with Crippen LogP contribution in [0.5, 0.6) is 0 Å². The molecule has 1 saturated heterocycles. The third-order valence-electron chi connectivity index (χ3n) is 4.31. The van der Waals surface area contributed by atoms with Crippen molar-refractivity contribution in [1.82, 2.24) is 0 Å². The molecule has 88 valence electrons. The molecule has 3 fully saturated rings. The van der Waals surface area contributed by atoms with Gasteiger partial charge in [0, 0.05) is 33.3 Å². The molecule has 0 radical (unpaired) electrons. The maximum atomic E-state index is 11.8. The lowest BCUT2D eigenvalue weighted by atomic mass is 9.88. The number of fused-ring (bicyclic) bond motifs is 1. The highest BCUT2D eigenvalue weighted by molar-refractivity contribution is 7.86. The topological polar surface area (TPSA) is 43.4 Å². The molecule has 3 rings (SSSR count). The fraction of sp³-hybridized carbons (Fsp3) is 0.750. The quantitative estimate of drug-likeness (QED) is 0.539. The summed E-state index contributed by atoms with van der Waals surface area (Å²) in [5.74, 6) is 1.81. The molecule has 3 nitrogen and oxygen atoms in total. The summed E-state index contributed by atoms with van der Waals surface area (Å²) < 4.78 is 17.3. The van der Waals surface area contributed by atoms with E-state index >= 15 is 0 Å². The Kier molecular flexibility index (Phi) is 2.25. The SMILES string of the molecule is C=C(C)C(=O)OC1C2CC3C1CS(=O)C3C2. The summed E-state index contributed by atoms with van der Waals surface area (Å²) in [5, 5.41) is 0.398. The van der Waals surface area contributed by atoms with Crippen molar-refractivity contribution in [1.29, 1.82) is 0 Å². The van der Waals surface area contributed by atoms with Crippen LogP contribution in [0.3, 0.4) is 0 Å². The summed E-state index contributed by atoms with van der Waals surface area (Å²) >= 11 is 0. The molecular weight excluding hydrogens is 224 g/mol. The lowest BCUT2D eigenvalue weighted by molar-refractivity contribution is -0.148. The van der Waals surface area contributed by atoms with Crippen molar-refractivity contribution in [2.75, 3.05) is 5.75 Å². The Morgan fingerprint density at radius 1 is 1.38 bits per heavy atom. The first-order valence-corrected chi connectivity index (χ1v) is 7.20. The van der Waals surface area contributed by atoms with E-state index in [-0.39, 0.29) is 12.1 Å². The second-order valence-electron chi connectivity index (χ2n) is 5.30. The van der Waals surface area contributed by atoms with Gasteiger partial charge >= 0.3 is 5.97 Å². The third-order valence-corrected chi connectivity index (χ3v) is 6.24. The van der Waals surface area contributed by atoms with E-state index in [9.17, 15) is 9.00 Å². The maximum Gasteiger partial charge on any atom is 0.333 e. The van der Waals surface area contributed by atoms with Crippen LogP contribution in [0.15, 0.2) is 12.2 Å². The monoisotopic (exact) mass is 240 g/mol. The van der Waals surface area contributed by atoms with Gasteiger partial charge in [-0.15, -0.1) is 0 Å². The normalized spacial score (nSPS) is 48.3. The molecule has 4 heteroatoms. The van der Waals surface area contributed by atoms with Crippen LogP contribution in [0.4, 0.5) is 0 Å². The summed E-state index contributed by atoms with van der Waals surface area (Å²) in [6.07, 6.45) is 2.11. The number of hydrogen-bond donors (Lipinski definition) is 0. The van der Waals surface area contributed by atoms with Crippen LogP contribution in [-0.2, 0) is 20.3 Å². The number of ether oxygens (including phenoxy) is 1. The first-order chi connectivity index (χ1) is 7.58. The number of hydrogen-bond acceptors (Lipinski definition) is 3. The number of carbonyl (C=O) groups is 1. The highest BCUT2D eigenvalue weighted by atomic mass is 32.2. The highest BCUT2D eigenvalue weighted by Crippen LogP contribution is 2.56. The van der Waals surface area contributed by atoms with Gasteiger partial charge in [-0.1, -0.05) is 6.58 Å². The van der Waals surface area contributed by atoms with Gasteiger partial charge in [-0.3, -0.25) is 4.21 Å². The van der Waals surface area contributed by atoms with Gasteiger partial charge in [0.1, 0.15) is 6.10 Å². The Bertz CT molecular complexity index is 390. The van der Waals surface area contributed by atoms with E-state index in [1.54, 1.807) is 6.92 Å². The van der Waals surface area contributed by atoms with E-state index in [0.717, 1.165) is 18.6 Å². The molecule has 2 aliphatic carbocycles. The molecule has 0 N–H and O–H groups in total. The van der Waals surface area contributed by atoms with Gasteiger partial charge in [-0.2, -0.15) is 0 Å². The van der Waals surface area contributed by atoms with E-state index in [2.05, 4.69) is 6.58 Å². The van der Waals surface area contributed by atoms with E-state index in [1.165, 1.54) is 0 Å². The largest absolute Gasteiger partial charge is 0.458 e. The standard InChI is InChI=1S/C12H16O3S/c1-6(2)12(13)15-11-7-3-8-9(11)5-16(14)10(8)4-7/h7-11H,1,3-5H2,2H3. The molecule has 2 bridgehead atoms. The second kappa shape index (κ2) is 3.42. The summed E-state index contributed by atoms with van der Waals surface area (Å²) in [6, 6.07) is 0. The van der Waals surface area contributed by atoms with Crippen LogP contribution < -0.4 is 0 Å². The average molecular weight is 240 g/mol. The lowest BCUT2D eigenvalue weighted by Crippen LogP contribution is -2.33. The van der Waals surface area contributed by atoms with Crippen LogP contribution in [0.25, 0.3) is 0 Å². The zero-order chi connectivity index (χ0) is 11.4. The Hall–Kier alpha value is -0.640. The Balaban J connectivity index is 1.77. The maximum absolute atomic E-state index is 11.8. The van der Waals surface area contributed by atoms with E-state index in [4.69, 9.17) is 4.74 Å². The minimum Gasteiger partial charge on any atom is -0.458 e. The molecule has 0 spiro atoms. The Morgan fingerprint density at radius 3 is 2.81 bits per heavy atom. The third kappa shape index (κ3) is 1.32. The van der Waals surface area contributed by atoms with Crippen LogP contribution >= 0.6 is 0 Å². The van der Waals surface area contributed by atoms with Crippen molar-refractivity contribution >= 4 is 16.8 Å². The first kappa shape index (κ1) is 10.5. The predicted octanol–water partition coefficient (Wildman–Crippen LogP) is 1.26. The molecule has 16 heavy (non-hydrogen) atoms. The summed E-state index contributed by atoms with van der Waals surface area (Å²) in [6.45, 7) is 5.27. The first-order valence-electron chi connectivity index (χ1n) is 5.81. The number of rotatable bonds is 2. The molecule has 0 aromatic carbocycles. The van der Waals surface area contributed by atoms with Gasteiger partial charge in [0.25, 0.3) is 0 Å². The van der Waals surface area contributed by atoms with Crippen molar-refractivity contribution in [3.05, 3.63) is 12.2 Å². The number of esters is 1. The van der Waals surface area contributed by atoms with Gasteiger partial charge in [-0.05, 0) is 31.6 Å². The predicted molar refractivity (Wildman–Crippen MR) is 61.2 cm³/mol. The minimum absolute atomic E-state index is 0.0110. The van der Waals surface area contributed by atoms with E-state index < -0.39 is 10.8 Å². The van der Waals surface area contributed by atoms with Crippen LogP contribution in [0.2, 0.25) is 0 Å². The summed E-state index contributed by atoms with van der Waals surface area (Å²) in [7, 11) is -0.677. The molecule has 0 amide bonds. The second-order valence-corrected chi connectivity index (χ2v) is 7.00. The van der Waals surface area contributed by atoms with Crippen molar-refractivity contribution < 1.29 is 13.7 Å². The number of carbonyl (C=O) groups excluding carboxylic acids is 1. The van der Waals surface area contributed by atoms with Crippen molar-refractivity contribution in [3.63, 3.8) is 0 Å². The van der Waals surface area contributed by atoms with Crippen LogP contribution in [0.1, 0.15) is 19.8 Å². The Labute approximate surface area is 97.7 Å². The fourth-order valence-corrected chi connectivity index (χ4v) is 5.85. The van der Waals surface area contributed by atoms with Crippen LogP contribution in [-0.4, -0.2) is 27.3 Å². The zero-order valence-electron chi connectivity index (χ0n) is 9.35. The van der Waals surface area contributed by atoms with Crippen molar-refractivity contribution in [3.8, 4) is 0 Å². The molecule has 1 heterocycles. The summed E-state index contributed by atoms with van der Waals surface area (Å²) in [4.78, 5) is 11.5. The fourth-order valence-electron chi connectivity index (χ4n) is 3.62. The molecular formula is C12H16O3S. The van der Waals surface area contributed by atoms with Crippen LogP contribution in [0, 0.1) is 17.8 Å². The van der Waals surface area contributed by atoms with Crippen molar-refractivity contribution in [2.45, 2.75) is 31.1 Å². The molecule has 6 unspecified atom stereocenters. The van der Waals surface area contributed by atoms with Gasteiger partial charge in [0.15, 0.2) is 0 Å². The minimum atomic E-state index is -0.677. The van der Waals surface area contributed by atoms with E-state index in [0.29, 0.717) is 28.6 Å². The van der Waals surface area contributed by atoms with E-state index in [1.807, 2.05) is 0 Å².